The molecule has 0 aliphatic rings. The van der Waals surface area contributed by atoms with E-state index >= 15 is 0 Å². The van der Waals surface area contributed by atoms with Crippen molar-refractivity contribution >= 4 is 47.8 Å². The Kier molecular flexibility index (Phi) is 5.53. The Labute approximate surface area is 160 Å². The number of hydrogen-bond acceptors (Lipinski definition) is 0. The van der Waals surface area contributed by atoms with Crippen molar-refractivity contribution in [1.29, 1.82) is 0 Å². The van der Waals surface area contributed by atoms with Crippen molar-refractivity contribution < 1.29 is 0 Å². The number of rotatable bonds is 5. The van der Waals surface area contributed by atoms with Gasteiger partial charge in [-0.05, 0) is 16.7 Å². The smallest absolute Gasteiger partial charge is 0.130 e. The summed E-state index contributed by atoms with van der Waals surface area (Å²) < 4.78 is 0. The molecule has 0 aliphatic carbocycles. The summed E-state index contributed by atoms with van der Waals surface area (Å²) in [6, 6.07) is 31.3. The minimum atomic E-state index is -2.79. The van der Waals surface area contributed by atoms with E-state index in [1.807, 2.05) is 18.2 Å². The molecular formula is C19H17Cl3Si2. The molecule has 0 radical (unpaired) electrons. The van der Waals surface area contributed by atoms with E-state index in [2.05, 4.69) is 72.8 Å². The highest BCUT2D eigenvalue weighted by molar-refractivity contribution is 7.82. The van der Waals surface area contributed by atoms with Gasteiger partial charge in [-0.2, -0.15) is 0 Å². The van der Waals surface area contributed by atoms with Gasteiger partial charge in [-0.3, -0.25) is 0 Å². The summed E-state index contributed by atoms with van der Waals surface area (Å²) in [5.41, 5.74) is 0.820. The van der Waals surface area contributed by atoms with E-state index in [1.165, 1.54) is 16.7 Å². The van der Waals surface area contributed by atoms with Crippen molar-refractivity contribution in [3.05, 3.63) is 108 Å². The Balaban J connectivity index is 2.33. The molecule has 0 saturated heterocycles. The van der Waals surface area contributed by atoms with Crippen molar-refractivity contribution in [3.8, 4) is 0 Å². The summed E-state index contributed by atoms with van der Waals surface area (Å²) >= 11 is 19.5. The number of hydrogen-bond donors (Lipinski definition) is 0. The van der Waals surface area contributed by atoms with Gasteiger partial charge in [0.2, 0.25) is 0 Å². The van der Waals surface area contributed by atoms with Gasteiger partial charge >= 0.3 is 5.52 Å². The van der Waals surface area contributed by atoms with E-state index in [0.717, 1.165) is 0 Å². The molecule has 122 valence electrons. The molecular weight excluding hydrogens is 391 g/mol. The summed E-state index contributed by atoms with van der Waals surface area (Å²) in [7, 11) is -1.10. The zero-order valence-electron chi connectivity index (χ0n) is 13.0. The third kappa shape index (κ3) is 3.79. The van der Waals surface area contributed by atoms with Crippen molar-refractivity contribution in [2.75, 3.05) is 0 Å². The second-order valence-electron chi connectivity index (χ2n) is 5.80. The largest absolute Gasteiger partial charge is 0.319 e. The van der Waals surface area contributed by atoms with Crippen LogP contribution in [0.1, 0.15) is 16.7 Å². The second-order valence-corrected chi connectivity index (χ2v) is 24.3. The van der Waals surface area contributed by atoms with E-state index in [0.29, 0.717) is 0 Å². The lowest BCUT2D eigenvalue weighted by Crippen LogP contribution is -2.45. The van der Waals surface area contributed by atoms with Crippen molar-refractivity contribution in [2.24, 2.45) is 0 Å². The van der Waals surface area contributed by atoms with Gasteiger partial charge in [-0.15, -0.1) is 33.2 Å². The summed E-state index contributed by atoms with van der Waals surface area (Å²) in [4.78, 5) is 0. The van der Waals surface area contributed by atoms with Crippen LogP contribution in [0.2, 0.25) is 0 Å². The first-order chi connectivity index (χ1) is 11.5. The molecule has 3 rings (SSSR count). The molecule has 3 aromatic carbocycles. The van der Waals surface area contributed by atoms with Crippen LogP contribution >= 0.6 is 33.2 Å². The predicted octanol–water partition coefficient (Wildman–Crippen LogP) is 5.30. The minimum absolute atomic E-state index is 0.332. The normalized spacial score (nSPS) is 12.6. The molecule has 24 heavy (non-hydrogen) atoms. The summed E-state index contributed by atoms with van der Waals surface area (Å²) in [5.74, 6) is 0. The average molecular weight is 408 g/mol. The van der Waals surface area contributed by atoms with E-state index < -0.39 is 14.6 Å². The van der Waals surface area contributed by atoms with E-state index in [-0.39, 0.29) is 5.04 Å². The molecule has 0 saturated carbocycles. The van der Waals surface area contributed by atoms with E-state index in [4.69, 9.17) is 33.2 Å². The maximum atomic E-state index is 6.50. The van der Waals surface area contributed by atoms with Crippen LogP contribution in [0, 0.1) is 0 Å². The summed E-state index contributed by atoms with van der Waals surface area (Å²) in [5, 5.41) is -0.332. The molecule has 0 atom stereocenters. The highest BCUT2D eigenvalue weighted by Gasteiger charge is 2.44. The fourth-order valence-corrected chi connectivity index (χ4v) is 14.2. The minimum Gasteiger partial charge on any atom is -0.130 e. The van der Waals surface area contributed by atoms with Gasteiger partial charge in [-0.25, -0.2) is 0 Å². The predicted molar refractivity (Wildman–Crippen MR) is 111 cm³/mol. The molecule has 0 aromatic heterocycles. The standard InChI is InChI=1S/C19H17Cl3Si2/c20-24(21,22)23-19(16-10-4-1-5-11-16,17-12-6-2-7-13-17)18-14-8-3-9-15-18/h1-15H,23H2. The van der Waals surface area contributed by atoms with Crippen LogP contribution in [-0.2, 0) is 5.04 Å². The fourth-order valence-electron chi connectivity index (χ4n) is 3.27. The highest BCUT2D eigenvalue weighted by atomic mass is 35.8. The molecule has 0 amide bonds. The Morgan fingerprint density at radius 1 is 0.542 bits per heavy atom. The monoisotopic (exact) mass is 406 g/mol. The average Bonchev–Trinajstić information content (AvgIpc) is 2.61. The van der Waals surface area contributed by atoms with Crippen LogP contribution in [0.15, 0.2) is 91.0 Å². The van der Waals surface area contributed by atoms with Gasteiger partial charge in [0.1, 0.15) is 0 Å². The zero-order valence-corrected chi connectivity index (χ0v) is 17.7. The zero-order chi connectivity index (χ0) is 17.0. The molecule has 0 spiro atoms. The summed E-state index contributed by atoms with van der Waals surface area (Å²) in [6.45, 7) is 0. The van der Waals surface area contributed by atoms with Crippen molar-refractivity contribution in [1.82, 2.24) is 0 Å². The van der Waals surface area contributed by atoms with Gasteiger partial charge in [0.15, 0.2) is 0 Å². The van der Waals surface area contributed by atoms with E-state index in [1.54, 1.807) is 0 Å². The molecule has 0 N–H and O–H groups in total. The van der Waals surface area contributed by atoms with Crippen LogP contribution in [0.5, 0.6) is 0 Å². The number of benzene rings is 3. The molecule has 0 bridgehead atoms. The van der Waals surface area contributed by atoms with Crippen molar-refractivity contribution in [2.45, 2.75) is 5.04 Å². The lowest BCUT2D eigenvalue weighted by molar-refractivity contribution is 0.872. The quantitative estimate of drug-likeness (QED) is 0.306. The Bertz CT molecular complexity index is 675. The van der Waals surface area contributed by atoms with Crippen LogP contribution in [-0.4, -0.2) is 14.6 Å². The third-order valence-corrected chi connectivity index (χ3v) is 12.8. The van der Waals surface area contributed by atoms with Gasteiger partial charge in [0.25, 0.3) is 0 Å². The lowest BCUT2D eigenvalue weighted by atomic mass is 9.84. The Morgan fingerprint density at radius 3 is 1.08 bits per heavy atom. The van der Waals surface area contributed by atoms with Gasteiger partial charge in [-0.1, -0.05) is 91.0 Å². The summed E-state index contributed by atoms with van der Waals surface area (Å²) in [6.07, 6.45) is 0. The highest BCUT2D eigenvalue weighted by Crippen LogP contribution is 2.41. The van der Waals surface area contributed by atoms with Gasteiger partial charge in [0, 0.05) is 5.04 Å². The van der Waals surface area contributed by atoms with Crippen LogP contribution < -0.4 is 0 Å². The SMILES string of the molecule is Cl[Si](Cl)(Cl)[SiH2]C(c1ccccc1)(c1ccccc1)c1ccccc1. The molecule has 5 heteroatoms. The van der Waals surface area contributed by atoms with Crippen LogP contribution in [0.4, 0.5) is 0 Å². The Morgan fingerprint density at radius 2 is 0.833 bits per heavy atom. The molecule has 0 fully saturated rings. The molecule has 3 aromatic rings. The molecule has 0 heterocycles. The van der Waals surface area contributed by atoms with Crippen LogP contribution in [0.3, 0.4) is 0 Å². The maximum absolute atomic E-state index is 6.50. The van der Waals surface area contributed by atoms with Gasteiger partial charge < -0.3 is 0 Å². The first-order valence-electron chi connectivity index (χ1n) is 7.76. The van der Waals surface area contributed by atoms with E-state index in [9.17, 15) is 0 Å². The topological polar surface area (TPSA) is 0 Å². The van der Waals surface area contributed by atoms with Crippen LogP contribution in [0.25, 0.3) is 0 Å². The molecule has 0 nitrogen and oxygen atoms in total. The molecule has 0 aliphatic heterocycles. The second kappa shape index (κ2) is 7.46. The molecule has 0 unspecified atom stereocenters. The third-order valence-electron chi connectivity index (χ3n) is 4.27. The number of halogens is 3. The first-order valence-corrected chi connectivity index (χ1v) is 15.8. The Hall–Kier alpha value is -1.04. The van der Waals surface area contributed by atoms with Crippen molar-refractivity contribution in [3.63, 3.8) is 0 Å². The maximum Gasteiger partial charge on any atom is 0.319 e. The first kappa shape index (κ1) is 17.8. The van der Waals surface area contributed by atoms with Gasteiger partial charge in [0.05, 0.1) is 9.04 Å². The lowest BCUT2D eigenvalue weighted by Gasteiger charge is -2.37. The fraction of sp³-hybridized carbons (Fsp3) is 0.0526.